The van der Waals surface area contributed by atoms with Crippen molar-refractivity contribution >= 4 is 42.3 Å². The van der Waals surface area contributed by atoms with E-state index < -0.39 is 60.2 Å². The van der Waals surface area contributed by atoms with Gasteiger partial charge in [-0.25, -0.2) is 4.79 Å². The molecular weight excluding hydrogens is 442 g/mol. The maximum absolute atomic E-state index is 12.9. The third kappa shape index (κ3) is 10.8. The van der Waals surface area contributed by atoms with E-state index in [1.807, 2.05) is 6.92 Å². The van der Waals surface area contributed by atoms with Crippen LogP contribution in [0.2, 0.25) is 0 Å². The van der Waals surface area contributed by atoms with Gasteiger partial charge in [-0.1, -0.05) is 20.3 Å². The van der Waals surface area contributed by atoms with Crippen LogP contribution in [0, 0.1) is 5.92 Å². The molecule has 184 valence electrons. The zero-order chi connectivity index (χ0) is 24.8. The first kappa shape index (κ1) is 29.6. The molecule has 0 aromatic rings. The summed E-state index contributed by atoms with van der Waals surface area (Å²) in [5.74, 6) is -5.19. The summed E-state index contributed by atoms with van der Waals surface area (Å²) in [4.78, 5) is 60.0. The molecule has 0 saturated heterocycles. The van der Waals surface area contributed by atoms with Crippen LogP contribution >= 0.6 is 12.6 Å². The Balaban J connectivity index is 5.54. The lowest BCUT2D eigenvalue weighted by atomic mass is 9.97. The first-order valence-electron chi connectivity index (χ1n) is 10.4. The lowest BCUT2D eigenvalue weighted by molar-refractivity contribution is -0.147. The smallest absolute Gasteiger partial charge is 0.326 e. The molecule has 0 saturated carbocycles. The Bertz CT molecular complexity index is 664. The van der Waals surface area contributed by atoms with Crippen molar-refractivity contribution in [2.24, 2.45) is 17.4 Å². The molecule has 5 atom stereocenters. The molecular formula is C19H35N5O7S. The van der Waals surface area contributed by atoms with Gasteiger partial charge in [0.1, 0.15) is 18.1 Å². The van der Waals surface area contributed by atoms with E-state index in [0.717, 1.165) is 0 Å². The lowest BCUT2D eigenvalue weighted by Gasteiger charge is -2.27. The molecule has 5 unspecified atom stereocenters. The maximum Gasteiger partial charge on any atom is 0.326 e. The molecule has 0 bridgehead atoms. The maximum atomic E-state index is 12.9. The van der Waals surface area contributed by atoms with Gasteiger partial charge in [0.25, 0.3) is 0 Å². The third-order valence-electron chi connectivity index (χ3n) is 4.90. The van der Waals surface area contributed by atoms with Crippen molar-refractivity contribution in [2.45, 2.75) is 70.1 Å². The highest BCUT2D eigenvalue weighted by atomic mass is 32.1. The number of carbonyl (C=O) groups excluding carboxylic acids is 3. The van der Waals surface area contributed by atoms with Gasteiger partial charge >= 0.3 is 11.9 Å². The van der Waals surface area contributed by atoms with E-state index >= 15 is 0 Å². The Labute approximate surface area is 192 Å². The predicted octanol–water partition coefficient (Wildman–Crippen LogP) is -1.57. The van der Waals surface area contributed by atoms with Crippen LogP contribution in [0.1, 0.15) is 46.0 Å². The number of nitrogens with one attached hydrogen (secondary N) is 3. The van der Waals surface area contributed by atoms with Crippen molar-refractivity contribution in [3.8, 4) is 0 Å². The number of hydrogen-bond donors (Lipinski definition) is 8. The highest BCUT2D eigenvalue weighted by Gasteiger charge is 2.32. The van der Waals surface area contributed by atoms with Crippen LogP contribution < -0.4 is 27.4 Å². The Morgan fingerprint density at radius 3 is 2.00 bits per heavy atom. The van der Waals surface area contributed by atoms with Gasteiger partial charge < -0.3 is 37.6 Å². The van der Waals surface area contributed by atoms with Crippen molar-refractivity contribution < 1.29 is 34.2 Å². The molecule has 0 aromatic carbocycles. The third-order valence-corrected chi connectivity index (χ3v) is 5.29. The first-order valence-corrected chi connectivity index (χ1v) is 11.0. The molecule has 0 heterocycles. The van der Waals surface area contributed by atoms with Crippen LogP contribution in [0.5, 0.6) is 0 Å². The van der Waals surface area contributed by atoms with Gasteiger partial charge in [0.05, 0.1) is 12.5 Å². The van der Waals surface area contributed by atoms with E-state index in [0.29, 0.717) is 25.8 Å². The summed E-state index contributed by atoms with van der Waals surface area (Å²) < 4.78 is 0. The van der Waals surface area contributed by atoms with E-state index in [1.165, 1.54) is 0 Å². The standard InChI is InChI=1S/C19H35N5O7S/c1-3-10(2)15(24-16(27)11(21)9-32)18(29)22-12(6-4-5-7-20)17(28)23-13(19(30)31)8-14(25)26/h10-13,15,32H,3-9,20-21H2,1-2H3,(H,22,29)(H,23,28)(H,24,27)(H,25,26)(H,30,31). The average molecular weight is 478 g/mol. The minimum Gasteiger partial charge on any atom is -0.481 e. The van der Waals surface area contributed by atoms with E-state index in [4.69, 9.17) is 21.7 Å². The SMILES string of the molecule is CCC(C)C(NC(=O)C(N)CS)C(=O)NC(CCCCN)C(=O)NC(CC(=O)O)C(=O)O. The van der Waals surface area contributed by atoms with Crippen molar-refractivity contribution in [3.05, 3.63) is 0 Å². The first-order chi connectivity index (χ1) is 15.0. The molecule has 0 aromatic heterocycles. The van der Waals surface area contributed by atoms with Crippen LogP contribution in [0.4, 0.5) is 0 Å². The summed E-state index contributed by atoms with van der Waals surface area (Å²) in [6, 6.07) is -4.72. The predicted molar refractivity (Wildman–Crippen MR) is 120 cm³/mol. The molecule has 13 heteroatoms. The van der Waals surface area contributed by atoms with Crippen molar-refractivity contribution in [3.63, 3.8) is 0 Å². The molecule has 32 heavy (non-hydrogen) atoms. The number of thiol groups is 1. The van der Waals surface area contributed by atoms with Gasteiger partial charge in [-0.15, -0.1) is 0 Å². The number of unbranched alkanes of at least 4 members (excludes halogenated alkanes) is 1. The minimum absolute atomic E-state index is 0.0744. The second-order valence-electron chi connectivity index (χ2n) is 7.50. The van der Waals surface area contributed by atoms with Gasteiger partial charge in [0.15, 0.2) is 0 Å². The van der Waals surface area contributed by atoms with Gasteiger partial charge in [0.2, 0.25) is 17.7 Å². The summed E-state index contributed by atoms with van der Waals surface area (Å²) in [6.07, 6.45) is 0.872. The Hall–Kier alpha value is -2.38. The van der Waals surface area contributed by atoms with Crippen molar-refractivity contribution in [1.29, 1.82) is 0 Å². The number of carbonyl (C=O) groups is 5. The number of amides is 3. The average Bonchev–Trinajstić information content (AvgIpc) is 2.74. The Kier molecular flexibility index (Phi) is 14.3. The molecule has 12 nitrogen and oxygen atoms in total. The number of carboxylic acids is 2. The van der Waals surface area contributed by atoms with Crippen LogP contribution in [0.15, 0.2) is 0 Å². The monoisotopic (exact) mass is 477 g/mol. The summed E-state index contributed by atoms with van der Waals surface area (Å²) in [5.41, 5.74) is 11.1. The van der Waals surface area contributed by atoms with E-state index in [-0.39, 0.29) is 18.1 Å². The molecule has 0 rings (SSSR count). The number of nitrogens with two attached hydrogens (primary N) is 2. The quantitative estimate of drug-likeness (QED) is 0.0950. The fourth-order valence-electron chi connectivity index (χ4n) is 2.72. The number of hydrogen-bond acceptors (Lipinski definition) is 8. The van der Waals surface area contributed by atoms with Gasteiger partial charge in [0, 0.05) is 5.75 Å². The molecule has 0 fully saturated rings. The second-order valence-corrected chi connectivity index (χ2v) is 7.87. The Morgan fingerprint density at radius 1 is 0.938 bits per heavy atom. The zero-order valence-corrected chi connectivity index (χ0v) is 19.3. The number of aliphatic carboxylic acids is 2. The van der Waals surface area contributed by atoms with Crippen molar-refractivity contribution in [1.82, 2.24) is 16.0 Å². The van der Waals surface area contributed by atoms with Crippen LogP contribution in [-0.4, -0.2) is 76.3 Å². The molecule has 0 aliphatic carbocycles. The number of rotatable bonds is 16. The molecule has 9 N–H and O–H groups in total. The Morgan fingerprint density at radius 2 is 1.53 bits per heavy atom. The molecule has 0 radical (unpaired) electrons. The fraction of sp³-hybridized carbons (Fsp3) is 0.737. The largest absolute Gasteiger partial charge is 0.481 e. The zero-order valence-electron chi connectivity index (χ0n) is 18.4. The molecule has 0 spiro atoms. The highest BCUT2D eigenvalue weighted by molar-refractivity contribution is 7.80. The van der Waals surface area contributed by atoms with Crippen LogP contribution in [0.3, 0.4) is 0 Å². The van der Waals surface area contributed by atoms with Gasteiger partial charge in [-0.2, -0.15) is 12.6 Å². The van der Waals surface area contributed by atoms with Crippen LogP contribution in [0.25, 0.3) is 0 Å². The van der Waals surface area contributed by atoms with E-state index in [2.05, 4.69) is 28.6 Å². The summed E-state index contributed by atoms with van der Waals surface area (Å²) >= 11 is 3.97. The van der Waals surface area contributed by atoms with Crippen LogP contribution in [-0.2, 0) is 24.0 Å². The summed E-state index contributed by atoms with van der Waals surface area (Å²) in [5, 5.41) is 25.3. The molecule has 0 aliphatic rings. The lowest BCUT2D eigenvalue weighted by Crippen LogP contribution is -2.58. The highest BCUT2D eigenvalue weighted by Crippen LogP contribution is 2.10. The topological polar surface area (TPSA) is 214 Å². The summed E-state index contributed by atoms with van der Waals surface area (Å²) in [7, 11) is 0. The number of carboxylic acid groups (broad SMARTS) is 2. The summed E-state index contributed by atoms with van der Waals surface area (Å²) in [6.45, 7) is 3.92. The van der Waals surface area contributed by atoms with Gasteiger partial charge in [-0.3, -0.25) is 19.2 Å². The fourth-order valence-corrected chi connectivity index (χ4v) is 2.88. The van der Waals surface area contributed by atoms with Gasteiger partial charge in [-0.05, 0) is 31.7 Å². The molecule has 0 aliphatic heterocycles. The van der Waals surface area contributed by atoms with E-state index in [1.54, 1.807) is 6.92 Å². The normalized spacial score (nSPS) is 15.5. The van der Waals surface area contributed by atoms with Crippen molar-refractivity contribution in [2.75, 3.05) is 12.3 Å². The second kappa shape index (κ2) is 15.4. The minimum atomic E-state index is -1.66. The van der Waals surface area contributed by atoms with E-state index in [9.17, 15) is 24.0 Å². The molecule has 3 amide bonds.